The lowest BCUT2D eigenvalue weighted by molar-refractivity contribution is -0.139. The van der Waals surface area contributed by atoms with Crippen LogP contribution in [0.2, 0.25) is 0 Å². The fraction of sp³-hybridized carbons (Fsp3) is 0.125. The molecule has 0 fully saturated rings. The van der Waals surface area contributed by atoms with Crippen LogP contribution in [-0.2, 0) is 4.79 Å². The number of carbonyl (C=O) groups is 1. The Balaban J connectivity index is 2.32. The van der Waals surface area contributed by atoms with Crippen LogP contribution in [0.4, 0.5) is 4.39 Å². The number of nitrogens with zero attached hydrogens (tertiary/aromatic N) is 3. The first-order valence-electron chi connectivity index (χ1n) is 4.02. The SMILES string of the molecule is O=C(O)C(F)Sc1nnc2ccccn12. The monoisotopic (exact) mass is 227 g/mol. The van der Waals surface area contributed by atoms with Gasteiger partial charge in [-0.1, -0.05) is 6.07 Å². The van der Waals surface area contributed by atoms with Crippen molar-refractivity contribution >= 4 is 23.4 Å². The Morgan fingerprint density at radius 3 is 3.07 bits per heavy atom. The number of alkyl halides is 1. The second kappa shape index (κ2) is 3.85. The van der Waals surface area contributed by atoms with Crippen molar-refractivity contribution in [2.75, 3.05) is 0 Å². The second-order valence-corrected chi connectivity index (χ2v) is 3.70. The van der Waals surface area contributed by atoms with Gasteiger partial charge in [0.05, 0.1) is 0 Å². The van der Waals surface area contributed by atoms with Gasteiger partial charge in [0.1, 0.15) is 0 Å². The van der Waals surface area contributed by atoms with E-state index in [0.29, 0.717) is 17.4 Å². The van der Waals surface area contributed by atoms with Gasteiger partial charge < -0.3 is 5.11 Å². The standard InChI is InChI=1S/C8H6FN3O2S/c9-6(7(13)14)15-8-11-10-5-3-1-2-4-12(5)8/h1-4,6H,(H,13,14). The third kappa shape index (κ3) is 1.91. The molecule has 15 heavy (non-hydrogen) atoms. The average molecular weight is 227 g/mol. The molecule has 2 aromatic rings. The molecule has 1 unspecified atom stereocenters. The van der Waals surface area contributed by atoms with Gasteiger partial charge in [-0.3, -0.25) is 4.40 Å². The Labute approximate surface area is 87.9 Å². The number of hydrogen-bond acceptors (Lipinski definition) is 4. The number of fused-ring (bicyclic) bond motifs is 1. The summed E-state index contributed by atoms with van der Waals surface area (Å²) in [6.45, 7) is 0. The van der Waals surface area contributed by atoms with Gasteiger partial charge in [-0.25, -0.2) is 9.18 Å². The summed E-state index contributed by atoms with van der Waals surface area (Å²) in [5.41, 5.74) is -1.48. The van der Waals surface area contributed by atoms with Gasteiger partial charge in [-0.05, 0) is 23.9 Å². The van der Waals surface area contributed by atoms with E-state index in [1.807, 2.05) is 0 Å². The fourth-order valence-electron chi connectivity index (χ4n) is 1.04. The van der Waals surface area contributed by atoms with Crippen LogP contribution >= 0.6 is 11.8 Å². The Morgan fingerprint density at radius 1 is 1.53 bits per heavy atom. The zero-order chi connectivity index (χ0) is 10.8. The minimum Gasteiger partial charge on any atom is -0.478 e. The summed E-state index contributed by atoms with van der Waals surface area (Å²) in [6.07, 6.45) is 1.65. The van der Waals surface area contributed by atoms with E-state index in [4.69, 9.17) is 5.11 Å². The van der Waals surface area contributed by atoms with E-state index >= 15 is 0 Å². The number of rotatable bonds is 3. The van der Waals surface area contributed by atoms with Crippen LogP contribution in [-0.4, -0.2) is 31.2 Å². The number of thioether (sulfide) groups is 1. The van der Waals surface area contributed by atoms with Crippen LogP contribution in [0.25, 0.3) is 5.65 Å². The highest BCUT2D eigenvalue weighted by Crippen LogP contribution is 2.22. The quantitative estimate of drug-likeness (QED) is 0.798. The molecule has 0 saturated heterocycles. The van der Waals surface area contributed by atoms with Crippen molar-refractivity contribution in [2.45, 2.75) is 10.7 Å². The van der Waals surface area contributed by atoms with Gasteiger partial charge >= 0.3 is 5.97 Å². The first-order chi connectivity index (χ1) is 7.18. The maximum Gasteiger partial charge on any atom is 0.349 e. The number of carboxylic acid groups (broad SMARTS) is 1. The Morgan fingerprint density at radius 2 is 2.33 bits per heavy atom. The summed E-state index contributed by atoms with van der Waals surface area (Å²) in [4.78, 5) is 10.3. The Bertz CT molecular complexity index is 501. The number of aromatic nitrogens is 3. The van der Waals surface area contributed by atoms with E-state index in [2.05, 4.69) is 10.2 Å². The molecule has 2 rings (SSSR count). The third-order valence-corrected chi connectivity index (χ3v) is 2.58. The summed E-state index contributed by atoms with van der Waals surface area (Å²) in [6, 6.07) is 5.20. The van der Waals surface area contributed by atoms with Crippen molar-refractivity contribution in [1.29, 1.82) is 0 Å². The molecule has 0 saturated carbocycles. The van der Waals surface area contributed by atoms with Gasteiger partial charge in [-0.15, -0.1) is 10.2 Å². The maximum absolute atomic E-state index is 12.9. The highest BCUT2D eigenvalue weighted by molar-refractivity contribution is 8.00. The van der Waals surface area contributed by atoms with E-state index in [1.54, 1.807) is 24.4 Å². The first-order valence-corrected chi connectivity index (χ1v) is 4.90. The fourth-order valence-corrected chi connectivity index (χ4v) is 1.68. The van der Waals surface area contributed by atoms with Gasteiger partial charge in [0, 0.05) is 6.20 Å². The number of halogens is 1. The molecule has 0 radical (unpaired) electrons. The number of pyridine rings is 1. The van der Waals surface area contributed by atoms with Crippen LogP contribution in [0.5, 0.6) is 0 Å². The van der Waals surface area contributed by atoms with Crippen molar-refractivity contribution in [3.8, 4) is 0 Å². The molecule has 5 nitrogen and oxygen atoms in total. The molecule has 0 amide bonds. The van der Waals surface area contributed by atoms with Crippen LogP contribution in [0, 0.1) is 0 Å². The smallest absolute Gasteiger partial charge is 0.349 e. The van der Waals surface area contributed by atoms with E-state index in [9.17, 15) is 9.18 Å². The topological polar surface area (TPSA) is 67.5 Å². The normalized spacial score (nSPS) is 12.9. The minimum atomic E-state index is -2.03. The lowest BCUT2D eigenvalue weighted by atomic mass is 10.5. The zero-order valence-electron chi connectivity index (χ0n) is 7.37. The first kappa shape index (κ1) is 9.91. The molecule has 1 N–H and O–H groups in total. The summed E-state index contributed by atoms with van der Waals surface area (Å²) in [5.74, 6) is -1.52. The number of carboxylic acids is 1. The Kier molecular flexibility index (Phi) is 2.55. The molecular weight excluding hydrogens is 221 g/mol. The van der Waals surface area contributed by atoms with Crippen molar-refractivity contribution in [1.82, 2.24) is 14.6 Å². The Hall–Kier alpha value is -1.63. The summed E-state index contributed by atoms with van der Waals surface area (Å²) < 4.78 is 14.4. The highest BCUT2D eigenvalue weighted by Gasteiger charge is 2.20. The molecule has 0 spiro atoms. The molecule has 7 heteroatoms. The molecule has 1 atom stereocenters. The van der Waals surface area contributed by atoms with Crippen LogP contribution < -0.4 is 0 Å². The zero-order valence-corrected chi connectivity index (χ0v) is 8.19. The van der Waals surface area contributed by atoms with E-state index < -0.39 is 11.5 Å². The molecule has 2 heterocycles. The largest absolute Gasteiger partial charge is 0.478 e. The molecule has 0 aromatic carbocycles. The number of hydrogen-bond donors (Lipinski definition) is 1. The average Bonchev–Trinajstić information content (AvgIpc) is 2.62. The van der Waals surface area contributed by atoms with Gasteiger partial charge in [-0.2, -0.15) is 0 Å². The van der Waals surface area contributed by atoms with Crippen molar-refractivity contribution in [3.05, 3.63) is 24.4 Å². The third-order valence-electron chi connectivity index (χ3n) is 1.69. The molecule has 0 bridgehead atoms. The molecule has 78 valence electrons. The van der Waals surface area contributed by atoms with E-state index in [-0.39, 0.29) is 5.16 Å². The predicted molar refractivity (Wildman–Crippen MR) is 51.4 cm³/mol. The summed E-state index contributed by atoms with van der Waals surface area (Å²) in [5, 5.41) is 16.1. The summed E-state index contributed by atoms with van der Waals surface area (Å²) >= 11 is 0.511. The predicted octanol–water partition coefficient (Wildman–Crippen LogP) is 1.20. The van der Waals surface area contributed by atoms with Crippen LogP contribution in [0.15, 0.2) is 29.6 Å². The van der Waals surface area contributed by atoms with Crippen LogP contribution in [0.3, 0.4) is 0 Å². The molecule has 0 aliphatic carbocycles. The molecular formula is C8H6FN3O2S. The lowest BCUT2D eigenvalue weighted by Crippen LogP contribution is -2.10. The minimum absolute atomic E-state index is 0.223. The van der Waals surface area contributed by atoms with Crippen molar-refractivity contribution in [2.24, 2.45) is 0 Å². The lowest BCUT2D eigenvalue weighted by Gasteiger charge is -2.00. The van der Waals surface area contributed by atoms with Crippen molar-refractivity contribution in [3.63, 3.8) is 0 Å². The molecule has 2 aromatic heterocycles. The second-order valence-electron chi connectivity index (χ2n) is 2.68. The van der Waals surface area contributed by atoms with Crippen LogP contribution in [0.1, 0.15) is 0 Å². The van der Waals surface area contributed by atoms with Gasteiger partial charge in [0.15, 0.2) is 10.8 Å². The van der Waals surface area contributed by atoms with E-state index in [1.165, 1.54) is 4.40 Å². The van der Waals surface area contributed by atoms with E-state index in [0.717, 1.165) is 0 Å². The maximum atomic E-state index is 12.9. The van der Waals surface area contributed by atoms with Gasteiger partial charge in [0.25, 0.3) is 0 Å². The van der Waals surface area contributed by atoms with Gasteiger partial charge in [0.2, 0.25) is 5.50 Å². The summed E-state index contributed by atoms with van der Waals surface area (Å²) in [7, 11) is 0. The molecule has 0 aliphatic heterocycles. The molecule has 0 aliphatic rings. The van der Waals surface area contributed by atoms with Crippen molar-refractivity contribution < 1.29 is 14.3 Å². The number of aliphatic carboxylic acids is 1. The highest BCUT2D eigenvalue weighted by atomic mass is 32.2.